The Balaban J connectivity index is 2.06. The Kier molecular flexibility index (Phi) is 5.53. The molecule has 1 aliphatic rings. The molecule has 110 valence electrons. The predicted molar refractivity (Wildman–Crippen MR) is 78.2 cm³/mol. The summed E-state index contributed by atoms with van der Waals surface area (Å²) >= 11 is 0. The number of carbonyl (C=O) groups is 1. The van der Waals surface area contributed by atoms with Crippen LogP contribution in [0.15, 0.2) is 24.5 Å². The zero-order chi connectivity index (χ0) is 14.4. The van der Waals surface area contributed by atoms with E-state index in [4.69, 9.17) is 4.74 Å². The SMILES string of the molecule is CC[C@@H](c1ccncc1)N(CC)C(=O)C[C@H]1CCCO1. The molecule has 20 heavy (non-hydrogen) atoms. The van der Waals surface area contributed by atoms with E-state index in [1.54, 1.807) is 12.4 Å². The summed E-state index contributed by atoms with van der Waals surface area (Å²) in [7, 11) is 0. The summed E-state index contributed by atoms with van der Waals surface area (Å²) < 4.78 is 5.58. The summed E-state index contributed by atoms with van der Waals surface area (Å²) in [6.45, 7) is 5.68. The molecule has 0 bridgehead atoms. The summed E-state index contributed by atoms with van der Waals surface area (Å²) in [5, 5.41) is 0. The highest BCUT2D eigenvalue weighted by Crippen LogP contribution is 2.26. The van der Waals surface area contributed by atoms with Gasteiger partial charge in [-0.15, -0.1) is 0 Å². The summed E-state index contributed by atoms with van der Waals surface area (Å²) in [5.74, 6) is 0.197. The van der Waals surface area contributed by atoms with Gasteiger partial charge in [-0.1, -0.05) is 6.92 Å². The Morgan fingerprint density at radius 2 is 2.20 bits per heavy atom. The van der Waals surface area contributed by atoms with Crippen LogP contribution in [0.2, 0.25) is 0 Å². The van der Waals surface area contributed by atoms with Gasteiger partial charge in [0.25, 0.3) is 0 Å². The fourth-order valence-corrected chi connectivity index (χ4v) is 2.91. The fourth-order valence-electron chi connectivity index (χ4n) is 2.91. The number of carbonyl (C=O) groups excluding carboxylic acids is 1. The third-order valence-corrected chi connectivity index (χ3v) is 3.94. The van der Waals surface area contributed by atoms with Gasteiger partial charge in [-0.3, -0.25) is 9.78 Å². The number of pyridine rings is 1. The highest BCUT2D eigenvalue weighted by Gasteiger charge is 2.26. The normalized spacial score (nSPS) is 19.8. The van der Waals surface area contributed by atoms with Crippen LogP contribution in [0, 0.1) is 0 Å². The van der Waals surface area contributed by atoms with Crippen LogP contribution in [-0.4, -0.2) is 35.0 Å². The van der Waals surface area contributed by atoms with Crippen molar-refractivity contribution in [2.24, 2.45) is 0 Å². The minimum absolute atomic E-state index is 0.117. The minimum atomic E-state index is 0.117. The highest BCUT2D eigenvalue weighted by atomic mass is 16.5. The second-order valence-electron chi connectivity index (χ2n) is 5.22. The molecule has 4 nitrogen and oxygen atoms in total. The summed E-state index contributed by atoms with van der Waals surface area (Å²) in [5.41, 5.74) is 1.16. The minimum Gasteiger partial charge on any atom is -0.378 e. The molecule has 0 radical (unpaired) electrons. The lowest BCUT2D eigenvalue weighted by molar-refractivity contribution is -0.135. The molecule has 1 amide bonds. The Bertz CT molecular complexity index is 416. The van der Waals surface area contributed by atoms with Crippen LogP contribution in [-0.2, 0) is 9.53 Å². The standard InChI is InChI=1S/C16H24N2O2/c1-3-15(13-7-9-17-10-8-13)18(4-2)16(19)12-14-6-5-11-20-14/h7-10,14-15H,3-6,11-12H2,1-2H3/t14-,15+/m1/s1. The average molecular weight is 276 g/mol. The number of rotatable bonds is 6. The third kappa shape index (κ3) is 3.57. The molecule has 1 saturated heterocycles. The maximum atomic E-state index is 12.5. The van der Waals surface area contributed by atoms with Crippen molar-refractivity contribution in [2.75, 3.05) is 13.2 Å². The van der Waals surface area contributed by atoms with Crippen molar-refractivity contribution in [1.82, 2.24) is 9.88 Å². The van der Waals surface area contributed by atoms with Gasteiger partial charge in [0.05, 0.1) is 18.6 Å². The van der Waals surface area contributed by atoms with E-state index in [9.17, 15) is 4.79 Å². The molecule has 0 aliphatic carbocycles. The Labute approximate surface area is 121 Å². The van der Waals surface area contributed by atoms with Gasteiger partial charge < -0.3 is 9.64 Å². The van der Waals surface area contributed by atoms with Crippen LogP contribution in [0.25, 0.3) is 0 Å². The second kappa shape index (κ2) is 7.39. The molecule has 1 aliphatic heterocycles. The molecular formula is C16H24N2O2. The van der Waals surface area contributed by atoms with Gasteiger partial charge in [0.15, 0.2) is 0 Å². The molecule has 0 unspecified atom stereocenters. The Morgan fingerprint density at radius 1 is 1.45 bits per heavy atom. The van der Waals surface area contributed by atoms with Gasteiger partial charge in [-0.05, 0) is 43.9 Å². The van der Waals surface area contributed by atoms with E-state index in [1.165, 1.54) is 0 Å². The number of ether oxygens (including phenoxy) is 1. The van der Waals surface area contributed by atoms with E-state index >= 15 is 0 Å². The van der Waals surface area contributed by atoms with Crippen LogP contribution < -0.4 is 0 Å². The summed E-state index contributed by atoms with van der Waals surface area (Å²) in [6.07, 6.45) is 7.20. The molecule has 0 saturated carbocycles. The first-order valence-corrected chi connectivity index (χ1v) is 7.57. The van der Waals surface area contributed by atoms with Crippen LogP contribution >= 0.6 is 0 Å². The zero-order valence-corrected chi connectivity index (χ0v) is 12.4. The van der Waals surface area contributed by atoms with Crippen molar-refractivity contribution in [2.45, 2.75) is 51.7 Å². The van der Waals surface area contributed by atoms with Crippen molar-refractivity contribution in [1.29, 1.82) is 0 Å². The van der Waals surface area contributed by atoms with Gasteiger partial charge in [0.1, 0.15) is 0 Å². The molecule has 2 atom stereocenters. The Morgan fingerprint density at radius 3 is 2.75 bits per heavy atom. The van der Waals surface area contributed by atoms with Crippen molar-refractivity contribution in [3.05, 3.63) is 30.1 Å². The van der Waals surface area contributed by atoms with Crippen molar-refractivity contribution in [3.63, 3.8) is 0 Å². The lowest BCUT2D eigenvalue weighted by Gasteiger charge is -2.31. The van der Waals surface area contributed by atoms with Gasteiger partial charge in [-0.25, -0.2) is 0 Å². The van der Waals surface area contributed by atoms with E-state index in [-0.39, 0.29) is 18.1 Å². The third-order valence-electron chi connectivity index (χ3n) is 3.94. The monoisotopic (exact) mass is 276 g/mol. The van der Waals surface area contributed by atoms with E-state index in [0.29, 0.717) is 6.42 Å². The number of amides is 1. The maximum absolute atomic E-state index is 12.5. The Hall–Kier alpha value is -1.42. The largest absolute Gasteiger partial charge is 0.378 e. The van der Waals surface area contributed by atoms with Crippen LogP contribution in [0.4, 0.5) is 0 Å². The van der Waals surface area contributed by atoms with Crippen LogP contribution in [0.5, 0.6) is 0 Å². The van der Waals surface area contributed by atoms with E-state index in [1.807, 2.05) is 24.0 Å². The maximum Gasteiger partial charge on any atom is 0.225 e. The molecule has 2 heterocycles. The first-order valence-electron chi connectivity index (χ1n) is 7.57. The molecule has 0 spiro atoms. The average Bonchev–Trinajstić information content (AvgIpc) is 2.98. The number of hydrogen-bond donors (Lipinski definition) is 0. The van der Waals surface area contributed by atoms with E-state index < -0.39 is 0 Å². The van der Waals surface area contributed by atoms with E-state index in [2.05, 4.69) is 11.9 Å². The quantitative estimate of drug-likeness (QED) is 0.802. The molecule has 0 aromatic carbocycles. The number of nitrogens with zero attached hydrogens (tertiary/aromatic N) is 2. The van der Waals surface area contributed by atoms with Gasteiger partial charge >= 0.3 is 0 Å². The molecule has 2 rings (SSSR count). The summed E-state index contributed by atoms with van der Waals surface area (Å²) in [4.78, 5) is 18.6. The smallest absolute Gasteiger partial charge is 0.225 e. The predicted octanol–water partition coefficient (Wildman–Crippen LogP) is 2.95. The fraction of sp³-hybridized carbons (Fsp3) is 0.625. The topological polar surface area (TPSA) is 42.4 Å². The van der Waals surface area contributed by atoms with Gasteiger partial charge in [-0.2, -0.15) is 0 Å². The van der Waals surface area contributed by atoms with Crippen molar-refractivity contribution >= 4 is 5.91 Å². The number of aromatic nitrogens is 1. The molecule has 0 N–H and O–H groups in total. The molecule has 1 aromatic heterocycles. The first kappa shape index (κ1) is 15.0. The van der Waals surface area contributed by atoms with Gasteiger partial charge in [0.2, 0.25) is 5.91 Å². The number of hydrogen-bond acceptors (Lipinski definition) is 3. The second-order valence-corrected chi connectivity index (χ2v) is 5.22. The highest BCUT2D eigenvalue weighted by molar-refractivity contribution is 5.77. The van der Waals surface area contributed by atoms with Crippen LogP contribution in [0.3, 0.4) is 0 Å². The van der Waals surface area contributed by atoms with Crippen molar-refractivity contribution in [3.8, 4) is 0 Å². The zero-order valence-electron chi connectivity index (χ0n) is 12.4. The molecule has 1 fully saturated rings. The summed E-state index contributed by atoms with van der Waals surface area (Å²) in [6, 6.07) is 4.13. The lowest BCUT2D eigenvalue weighted by atomic mass is 10.0. The van der Waals surface area contributed by atoms with Crippen LogP contribution in [0.1, 0.15) is 51.1 Å². The lowest BCUT2D eigenvalue weighted by Crippen LogP contribution is -2.36. The van der Waals surface area contributed by atoms with Crippen molar-refractivity contribution < 1.29 is 9.53 Å². The molecular weight excluding hydrogens is 252 g/mol. The van der Waals surface area contributed by atoms with Gasteiger partial charge in [0, 0.05) is 25.5 Å². The molecule has 4 heteroatoms. The first-order chi connectivity index (χ1) is 9.76. The van der Waals surface area contributed by atoms with E-state index in [0.717, 1.165) is 38.0 Å². The molecule has 1 aromatic rings.